The summed E-state index contributed by atoms with van der Waals surface area (Å²) in [5.41, 5.74) is 0.252. The molecule has 7 heteroatoms. The van der Waals surface area contributed by atoms with Gasteiger partial charge >= 0.3 is 0 Å². The number of benzene rings is 1. The Balaban J connectivity index is 2.14. The van der Waals surface area contributed by atoms with Crippen LogP contribution in [0.15, 0.2) is 36.5 Å². The summed E-state index contributed by atoms with van der Waals surface area (Å²) in [4.78, 5) is 15.5. The minimum atomic E-state index is -1.46. The molecule has 0 spiro atoms. The molecule has 1 aromatic carbocycles. The Morgan fingerprint density at radius 1 is 1.25 bits per heavy atom. The summed E-state index contributed by atoms with van der Waals surface area (Å²) >= 11 is 11.6. The first-order valence-electron chi connectivity index (χ1n) is 5.52. The number of nitrogens with zero attached hydrogens (tertiary/aromatic N) is 1. The maximum Gasteiger partial charge on any atom is 0.258 e. The number of halogens is 3. The molecule has 1 atom stereocenters. The number of pyridine rings is 1. The van der Waals surface area contributed by atoms with Gasteiger partial charge in [-0.25, -0.2) is 9.37 Å². The molecular formula is C13H9Cl2FN2O2. The highest BCUT2D eigenvalue weighted by Gasteiger charge is 2.19. The molecule has 0 radical (unpaired) electrons. The number of hydrogen-bond acceptors (Lipinski definition) is 3. The van der Waals surface area contributed by atoms with E-state index in [-0.39, 0.29) is 11.4 Å². The zero-order chi connectivity index (χ0) is 14.7. The topological polar surface area (TPSA) is 62.2 Å². The summed E-state index contributed by atoms with van der Waals surface area (Å²) in [6.07, 6.45) is -0.504. The number of anilines is 1. The molecule has 1 amide bonds. The van der Waals surface area contributed by atoms with Crippen LogP contribution in [0.4, 0.5) is 10.2 Å². The van der Waals surface area contributed by atoms with Crippen LogP contribution >= 0.6 is 23.2 Å². The number of rotatable bonds is 3. The van der Waals surface area contributed by atoms with E-state index < -0.39 is 17.8 Å². The van der Waals surface area contributed by atoms with Gasteiger partial charge in [-0.2, -0.15) is 0 Å². The molecule has 0 aliphatic carbocycles. The van der Waals surface area contributed by atoms with Crippen LogP contribution in [0.25, 0.3) is 0 Å². The molecule has 4 nitrogen and oxygen atoms in total. The van der Waals surface area contributed by atoms with Crippen LogP contribution in [0.1, 0.15) is 11.7 Å². The third-order valence-corrected chi connectivity index (χ3v) is 2.86. The van der Waals surface area contributed by atoms with Crippen LogP contribution in [-0.4, -0.2) is 16.0 Å². The number of aromatic nitrogens is 1. The van der Waals surface area contributed by atoms with E-state index in [9.17, 15) is 14.3 Å². The van der Waals surface area contributed by atoms with E-state index >= 15 is 0 Å². The van der Waals surface area contributed by atoms with Gasteiger partial charge in [-0.05, 0) is 35.9 Å². The van der Waals surface area contributed by atoms with Gasteiger partial charge in [-0.1, -0.05) is 23.2 Å². The van der Waals surface area contributed by atoms with E-state index in [0.717, 1.165) is 12.3 Å². The number of amides is 1. The second-order valence-corrected chi connectivity index (χ2v) is 4.83. The monoisotopic (exact) mass is 314 g/mol. The highest BCUT2D eigenvalue weighted by molar-refractivity contribution is 6.34. The second kappa shape index (κ2) is 6.17. The Kier molecular flexibility index (Phi) is 4.54. The van der Waals surface area contributed by atoms with E-state index in [2.05, 4.69) is 10.3 Å². The van der Waals surface area contributed by atoms with Gasteiger partial charge < -0.3 is 10.4 Å². The predicted octanol–water partition coefficient (Wildman–Crippen LogP) is 3.20. The van der Waals surface area contributed by atoms with Crippen LogP contribution in [0.5, 0.6) is 0 Å². The van der Waals surface area contributed by atoms with Crippen LogP contribution < -0.4 is 5.32 Å². The maximum atomic E-state index is 12.7. The lowest BCUT2D eigenvalue weighted by molar-refractivity contribution is -0.124. The lowest BCUT2D eigenvalue weighted by Gasteiger charge is -2.12. The number of nitrogens with one attached hydrogen (secondary N) is 1. The van der Waals surface area contributed by atoms with E-state index in [1.807, 2.05) is 0 Å². The van der Waals surface area contributed by atoms with Gasteiger partial charge in [0.1, 0.15) is 11.6 Å². The van der Waals surface area contributed by atoms with Crippen molar-refractivity contribution in [2.75, 3.05) is 5.32 Å². The third-order valence-electron chi connectivity index (χ3n) is 2.43. The smallest absolute Gasteiger partial charge is 0.258 e. The number of aliphatic hydroxyl groups is 1. The Hall–Kier alpha value is -1.69. The van der Waals surface area contributed by atoms with Crippen molar-refractivity contribution in [3.05, 3.63) is 58.0 Å². The fraction of sp³-hybridized carbons (Fsp3) is 0.0769. The summed E-state index contributed by atoms with van der Waals surface area (Å²) < 4.78 is 12.7. The molecule has 0 aliphatic rings. The zero-order valence-electron chi connectivity index (χ0n) is 9.98. The lowest BCUT2D eigenvalue weighted by Crippen LogP contribution is -2.21. The van der Waals surface area contributed by atoms with Crippen LogP contribution in [0, 0.1) is 5.82 Å². The first-order chi connectivity index (χ1) is 9.45. The molecule has 2 N–H and O–H groups in total. The molecule has 1 aromatic heterocycles. The maximum absolute atomic E-state index is 12.7. The van der Waals surface area contributed by atoms with Crippen LogP contribution in [0.3, 0.4) is 0 Å². The number of hydrogen-bond donors (Lipinski definition) is 2. The number of carbonyl (C=O) groups excluding carboxylic acids is 1. The summed E-state index contributed by atoms with van der Waals surface area (Å²) in [7, 11) is 0. The fourth-order valence-corrected chi connectivity index (χ4v) is 2.07. The molecule has 0 bridgehead atoms. The Morgan fingerprint density at radius 2 is 1.90 bits per heavy atom. The molecule has 1 heterocycles. The van der Waals surface area contributed by atoms with Crippen LogP contribution in [0.2, 0.25) is 10.0 Å². The van der Waals surface area contributed by atoms with E-state index in [1.54, 1.807) is 0 Å². The molecule has 2 aromatic rings. The number of carbonyl (C=O) groups is 1. The quantitative estimate of drug-likeness (QED) is 0.914. The number of aliphatic hydroxyl groups excluding tert-OH is 1. The standard InChI is InChI=1S/C13H9Cl2FN2O2/c14-8-3-7(4-9(15)5-8)12(19)13(20)18-11-2-1-10(16)6-17-11/h1-6,12,19H,(H,17,18,20). The SMILES string of the molecule is O=C(Nc1ccc(F)cn1)C(O)c1cc(Cl)cc(Cl)c1. The highest BCUT2D eigenvalue weighted by Crippen LogP contribution is 2.24. The van der Waals surface area contributed by atoms with E-state index in [0.29, 0.717) is 10.0 Å². The Bertz CT molecular complexity index is 615. The average molecular weight is 315 g/mol. The normalized spacial score (nSPS) is 12.0. The van der Waals surface area contributed by atoms with Crippen molar-refractivity contribution in [2.24, 2.45) is 0 Å². The first-order valence-corrected chi connectivity index (χ1v) is 6.28. The largest absolute Gasteiger partial charge is 0.378 e. The summed E-state index contributed by atoms with van der Waals surface area (Å²) in [5.74, 6) is -1.11. The summed E-state index contributed by atoms with van der Waals surface area (Å²) in [6, 6.07) is 6.76. The van der Waals surface area contributed by atoms with Crippen molar-refractivity contribution < 1.29 is 14.3 Å². The second-order valence-electron chi connectivity index (χ2n) is 3.96. The molecule has 0 saturated heterocycles. The third kappa shape index (κ3) is 3.66. The lowest BCUT2D eigenvalue weighted by atomic mass is 10.1. The first kappa shape index (κ1) is 14.7. The van der Waals surface area contributed by atoms with Crippen molar-refractivity contribution in [1.29, 1.82) is 0 Å². The van der Waals surface area contributed by atoms with Gasteiger partial charge in [-0.15, -0.1) is 0 Å². The van der Waals surface area contributed by atoms with Crippen molar-refractivity contribution in [3.8, 4) is 0 Å². The molecule has 0 saturated carbocycles. The molecule has 0 aliphatic heterocycles. The molecule has 2 rings (SSSR count). The van der Waals surface area contributed by atoms with Crippen molar-refractivity contribution >= 4 is 34.9 Å². The predicted molar refractivity (Wildman–Crippen MR) is 74.2 cm³/mol. The molecule has 104 valence electrons. The molecule has 0 fully saturated rings. The fourth-order valence-electron chi connectivity index (χ4n) is 1.53. The highest BCUT2D eigenvalue weighted by atomic mass is 35.5. The molecule has 20 heavy (non-hydrogen) atoms. The Morgan fingerprint density at radius 3 is 2.45 bits per heavy atom. The average Bonchev–Trinajstić information content (AvgIpc) is 2.39. The zero-order valence-corrected chi connectivity index (χ0v) is 11.5. The molecular weight excluding hydrogens is 306 g/mol. The van der Waals surface area contributed by atoms with Gasteiger partial charge in [0.2, 0.25) is 0 Å². The Labute approximate surface area is 124 Å². The summed E-state index contributed by atoms with van der Waals surface area (Å²) in [6.45, 7) is 0. The molecule has 1 unspecified atom stereocenters. The van der Waals surface area contributed by atoms with Gasteiger partial charge in [0.25, 0.3) is 5.91 Å². The minimum absolute atomic E-state index is 0.128. The van der Waals surface area contributed by atoms with Crippen molar-refractivity contribution in [3.63, 3.8) is 0 Å². The van der Waals surface area contributed by atoms with Gasteiger partial charge in [0, 0.05) is 10.0 Å². The van der Waals surface area contributed by atoms with E-state index in [1.165, 1.54) is 24.3 Å². The summed E-state index contributed by atoms with van der Waals surface area (Å²) in [5, 5.41) is 12.9. The van der Waals surface area contributed by atoms with Crippen molar-refractivity contribution in [2.45, 2.75) is 6.10 Å². The minimum Gasteiger partial charge on any atom is -0.378 e. The van der Waals surface area contributed by atoms with E-state index in [4.69, 9.17) is 23.2 Å². The van der Waals surface area contributed by atoms with Gasteiger partial charge in [-0.3, -0.25) is 4.79 Å². The van der Waals surface area contributed by atoms with Crippen molar-refractivity contribution in [1.82, 2.24) is 4.98 Å². The van der Waals surface area contributed by atoms with Gasteiger partial charge in [0.15, 0.2) is 6.10 Å². The van der Waals surface area contributed by atoms with Gasteiger partial charge in [0.05, 0.1) is 6.20 Å². The van der Waals surface area contributed by atoms with Crippen LogP contribution in [-0.2, 0) is 4.79 Å².